The van der Waals surface area contributed by atoms with Crippen LogP contribution in [0.3, 0.4) is 0 Å². The Morgan fingerprint density at radius 3 is 2.57 bits per heavy atom. The Kier molecular flexibility index (Phi) is 4.28. The molecule has 1 heterocycles. The molecule has 0 radical (unpaired) electrons. The molecule has 0 aliphatic carbocycles. The Balaban J connectivity index is 1.68. The predicted octanol–water partition coefficient (Wildman–Crippen LogP) is 2.19. The van der Waals surface area contributed by atoms with E-state index in [-0.39, 0.29) is 17.7 Å². The SMILES string of the molecule is O=C(COc1ccc(I)cc1)Nc1cccc2c1C(=O)NC2=O. The normalized spacial score (nSPS) is 12.6. The highest BCUT2D eigenvalue weighted by Crippen LogP contribution is 2.24. The second-order valence-corrected chi connectivity index (χ2v) is 6.05. The van der Waals surface area contributed by atoms with Crippen LogP contribution in [0.4, 0.5) is 5.69 Å². The Morgan fingerprint density at radius 2 is 1.83 bits per heavy atom. The van der Waals surface area contributed by atoms with Gasteiger partial charge in [-0.1, -0.05) is 6.07 Å². The lowest BCUT2D eigenvalue weighted by Gasteiger charge is -2.09. The van der Waals surface area contributed by atoms with Gasteiger partial charge in [0.2, 0.25) is 0 Å². The van der Waals surface area contributed by atoms with Crippen LogP contribution in [-0.4, -0.2) is 24.3 Å². The highest BCUT2D eigenvalue weighted by atomic mass is 127. The van der Waals surface area contributed by atoms with Crippen LogP contribution in [0, 0.1) is 3.57 Å². The zero-order valence-electron chi connectivity index (χ0n) is 11.8. The summed E-state index contributed by atoms with van der Waals surface area (Å²) in [5, 5.41) is 4.79. The highest BCUT2D eigenvalue weighted by Gasteiger charge is 2.29. The van der Waals surface area contributed by atoms with Crippen molar-refractivity contribution in [1.82, 2.24) is 5.32 Å². The number of rotatable bonds is 4. The fraction of sp³-hybridized carbons (Fsp3) is 0.0625. The molecule has 0 fully saturated rings. The molecule has 3 rings (SSSR count). The molecule has 1 aliphatic heterocycles. The van der Waals surface area contributed by atoms with Crippen LogP contribution in [0.5, 0.6) is 5.75 Å². The maximum Gasteiger partial charge on any atom is 0.262 e. The Hall–Kier alpha value is -2.42. The van der Waals surface area contributed by atoms with Crippen LogP contribution in [0.2, 0.25) is 0 Å². The molecule has 3 amide bonds. The molecule has 0 aromatic heterocycles. The van der Waals surface area contributed by atoms with Gasteiger partial charge in [0.25, 0.3) is 17.7 Å². The molecule has 7 heteroatoms. The molecule has 23 heavy (non-hydrogen) atoms. The molecular formula is C16H11IN2O4. The molecule has 1 aliphatic rings. The first-order chi connectivity index (χ1) is 11.0. The third-order valence-electron chi connectivity index (χ3n) is 3.22. The number of hydrogen-bond acceptors (Lipinski definition) is 4. The van der Waals surface area contributed by atoms with E-state index in [4.69, 9.17) is 4.74 Å². The summed E-state index contributed by atoms with van der Waals surface area (Å²) >= 11 is 2.17. The quantitative estimate of drug-likeness (QED) is 0.585. The van der Waals surface area contributed by atoms with Gasteiger partial charge in [0, 0.05) is 3.57 Å². The van der Waals surface area contributed by atoms with Crippen molar-refractivity contribution < 1.29 is 19.1 Å². The molecule has 0 saturated heterocycles. The summed E-state index contributed by atoms with van der Waals surface area (Å²) in [7, 11) is 0. The predicted molar refractivity (Wildman–Crippen MR) is 91.5 cm³/mol. The highest BCUT2D eigenvalue weighted by molar-refractivity contribution is 14.1. The van der Waals surface area contributed by atoms with Crippen LogP contribution in [0.25, 0.3) is 0 Å². The van der Waals surface area contributed by atoms with Gasteiger partial charge >= 0.3 is 0 Å². The average Bonchev–Trinajstić information content (AvgIpc) is 2.82. The van der Waals surface area contributed by atoms with Crippen molar-refractivity contribution in [3.05, 3.63) is 57.2 Å². The number of halogens is 1. The molecule has 6 nitrogen and oxygen atoms in total. The van der Waals surface area contributed by atoms with Gasteiger partial charge in [-0.25, -0.2) is 0 Å². The number of carbonyl (C=O) groups is 3. The molecule has 0 spiro atoms. The standard InChI is InChI=1S/C16H11IN2O4/c17-9-4-6-10(7-5-9)23-8-13(20)18-12-3-1-2-11-14(12)16(22)19-15(11)21/h1-7H,8H2,(H,18,20)(H,19,21,22). The van der Waals surface area contributed by atoms with Crippen molar-refractivity contribution in [3.63, 3.8) is 0 Å². The van der Waals surface area contributed by atoms with E-state index in [0.29, 0.717) is 11.4 Å². The van der Waals surface area contributed by atoms with E-state index in [1.54, 1.807) is 24.3 Å². The summed E-state index contributed by atoms with van der Waals surface area (Å²) in [6.07, 6.45) is 0. The number of ether oxygens (including phenoxy) is 1. The third kappa shape index (κ3) is 3.34. The number of carbonyl (C=O) groups excluding carboxylic acids is 3. The smallest absolute Gasteiger partial charge is 0.262 e. The Morgan fingerprint density at radius 1 is 1.09 bits per heavy atom. The zero-order chi connectivity index (χ0) is 16.4. The van der Waals surface area contributed by atoms with Gasteiger partial charge in [0.15, 0.2) is 6.61 Å². The first-order valence-corrected chi connectivity index (χ1v) is 7.79. The Labute approximate surface area is 145 Å². The molecule has 0 atom stereocenters. The van der Waals surface area contributed by atoms with Crippen LogP contribution < -0.4 is 15.4 Å². The van der Waals surface area contributed by atoms with E-state index < -0.39 is 17.7 Å². The number of nitrogens with one attached hydrogen (secondary N) is 2. The fourth-order valence-electron chi connectivity index (χ4n) is 2.19. The summed E-state index contributed by atoms with van der Waals surface area (Å²) in [4.78, 5) is 35.3. The number of anilines is 1. The second kappa shape index (κ2) is 6.37. The fourth-order valence-corrected chi connectivity index (χ4v) is 2.55. The van der Waals surface area contributed by atoms with E-state index in [9.17, 15) is 14.4 Å². The van der Waals surface area contributed by atoms with Crippen LogP contribution >= 0.6 is 22.6 Å². The van der Waals surface area contributed by atoms with Crippen molar-refractivity contribution in [3.8, 4) is 5.75 Å². The zero-order valence-corrected chi connectivity index (χ0v) is 13.9. The average molecular weight is 422 g/mol. The number of imide groups is 1. The van der Waals surface area contributed by atoms with Crippen molar-refractivity contribution in [2.75, 3.05) is 11.9 Å². The number of benzene rings is 2. The van der Waals surface area contributed by atoms with Gasteiger partial charge in [-0.05, 0) is 59.0 Å². The van der Waals surface area contributed by atoms with Gasteiger partial charge in [-0.3, -0.25) is 19.7 Å². The van der Waals surface area contributed by atoms with Gasteiger partial charge in [-0.2, -0.15) is 0 Å². The Bertz CT molecular complexity index is 802. The summed E-state index contributed by atoms with van der Waals surface area (Å²) in [6, 6.07) is 12.0. The minimum atomic E-state index is -0.514. The first kappa shape index (κ1) is 15.5. The lowest BCUT2D eigenvalue weighted by atomic mass is 10.1. The van der Waals surface area contributed by atoms with E-state index in [0.717, 1.165) is 3.57 Å². The number of amides is 3. The number of fused-ring (bicyclic) bond motifs is 1. The monoisotopic (exact) mass is 422 g/mol. The van der Waals surface area contributed by atoms with Gasteiger partial charge in [-0.15, -0.1) is 0 Å². The van der Waals surface area contributed by atoms with Crippen molar-refractivity contribution >= 4 is 46.0 Å². The van der Waals surface area contributed by atoms with Crippen molar-refractivity contribution in [2.45, 2.75) is 0 Å². The van der Waals surface area contributed by atoms with Crippen LogP contribution in [-0.2, 0) is 4.79 Å². The summed E-state index contributed by atoms with van der Waals surface area (Å²) in [5.74, 6) is -0.813. The largest absolute Gasteiger partial charge is 0.484 e. The summed E-state index contributed by atoms with van der Waals surface area (Å²) < 4.78 is 6.44. The molecular weight excluding hydrogens is 411 g/mol. The van der Waals surface area contributed by atoms with Crippen molar-refractivity contribution in [1.29, 1.82) is 0 Å². The maximum atomic E-state index is 12.0. The minimum Gasteiger partial charge on any atom is -0.484 e. The van der Waals surface area contributed by atoms with E-state index >= 15 is 0 Å². The van der Waals surface area contributed by atoms with Crippen LogP contribution in [0.1, 0.15) is 20.7 Å². The summed E-state index contributed by atoms with van der Waals surface area (Å²) in [6.45, 7) is -0.195. The van der Waals surface area contributed by atoms with Crippen LogP contribution in [0.15, 0.2) is 42.5 Å². The second-order valence-electron chi connectivity index (χ2n) is 4.80. The van der Waals surface area contributed by atoms with Gasteiger partial charge in [0.05, 0.1) is 16.8 Å². The lowest BCUT2D eigenvalue weighted by molar-refractivity contribution is -0.118. The van der Waals surface area contributed by atoms with Gasteiger partial charge < -0.3 is 10.1 Å². The maximum absolute atomic E-state index is 12.0. The van der Waals surface area contributed by atoms with Gasteiger partial charge in [0.1, 0.15) is 5.75 Å². The molecule has 2 N–H and O–H groups in total. The molecule has 0 bridgehead atoms. The number of hydrogen-bond donors (Lipinski definition) is 2. The lowest BCUT2D eigenvalue weighted by Crippen LogP contribution is -2.23. The minimum absolute atomic E-state index is 0.181. The molecule has 116 valence electrons. The summed E-state index contributed by atoms with van der Waals surface area (Å²) in [5.41, 5.74) is 0.730. The molecule has 0 saturated carbocycles. The van der Waals surface area contributed by atoms with E-state index in [1.165, 1.54) is 6.07 Å². The third-order valence-corrected chi connectivity index (χ3v) is 3.94. The topological polar surface area (TPSA) is 84.5 Å². The molecule has 2 aromatic rings. The van der Waals surface area contributed by atoms with E-state index in [1.807, 2.05) is 12.1 Å². The molecule has 0 unspecified atom stereocenters. The first-order valence-electron chi connectivity index (χ1n) is 6.71. The van der Waals surface area contributed by atoms with E-state index in [2.05, 4.69) is 33.2 Å². The van der Waals surface area contributed by atoms with Crippen molar-refractivity contribution in [2.24, 2.45) is 0 Å². The molecule has 2 aromatic carbocycles.